The molecule has 0 spiro atoms. The van der Waals surface area contributed by atoms with Gasteiger partial charge >= 0.3 is 5.97 Å². The van der Waals surface area contributed by atoms with Crippen LogP contribution in [0, 0.1) is 11.8 Å². The Labute approximate surface area is 340 Å². The number of carbonyl (C=O) groups excluding carboxylic acids is 3. The van der Waals surface area contributed by atoms with E-state index in [1.165, 1.54) is 18.4 Å². The average molecular weight is 778 g/mol. The predicted molar refractivity (Wildman–Crippen MR) is 232 cm³/mol. The smallest absolute Gasteiger partial charge is 0.350 e. The van der Waals surface area contributed by atoms with Crippen molar-refractivity contribution in [2.24, 2.45) is 16.8 Å². The number of benzene rings is 4. The normalized spacial score (nSPS) is 17.5. The molecule has 4 aromatic carbocycles. The summed E-state index contributed by atoms with van der Waals surface area (Å²) in [5.41, 5.74) is 5.44. The molecule has 292 valence electrons. The van der Waals surface area contributed by atoms with Gasteiger partial charge in [0.2, 0.25) is 5.91 Å². The fourth-order valence-corrected chi connectivity index (χ4v) is 9.39. The van der Waals surface area contributed by atoms with Gasteiger partial charge in [0.25, 0.3) is 5.91 Å². The van der Waals surface area contributed by atoms with E-state index in [9.17, 15) is 14.4 Å². The molecule has 2 saturated carbocycles. The van der Waals surface area contributed by atoms with E-state index in [1.54, 1.807) is 13.1 Å². The minimum Gasteiger partial charge on any atom is -0.465 e. The topological polar surface area (TPSA) is 88.1 Å². The molecule has 2 aliphatic rings. The molecular formula is C49H51N3O4S. The number of allylic oxidation sites excluding steroid dienone is 1. The SMILES string of the molecule is C/N=C(\C=C/CC(c1ccccc1)(c1ccccc1)c1ccccc1)C(=O)Nc1ccc(-c2cc(N(C(=O)[C@H]3CC[C@H](C)CC3)C3CCC3)c(C(=O)OC)s2)cc1. The Kier molecular flexibility index (Phi) is 12.6. The summed E-state index contributed by atoms with van der Waals surface area (Å²) in [7, 11) is 3.01. The van der Waals surface area contributed by atoms with Gasteiger partial charge in [0.05, 0.1) is 12.8 Å². The molecule has 0 atom stereocenters. The third-order valence-electron chi connectivity index (χ3n) is 11.8. The summed E-state index contributed by atoms with van der Waals surface area (Å²) in [5.74, 6) is -0.00632. The first-order valence-electron chi connectivity index (χ1n) is 20.1. The zero-order valence-corrected chi connectivity index (χ0v) is 33.8. The van der Waals surface area contributed by atoms with Crippen LogP contribution >= 0.6 is 11.3 Å². The molecule has 1 N–H and O–H groups in total. The van der Waals surface area contributed by atoms with Crippen LogP contribution in [-0.4, -0.2) is 43.7 Å². The summed E-state index contributed by atoms with van der Waals surface area (Å²) in [6, 6.07) is 41.1. The van der Waals surface area contributed by atoms with Crippen molar-refractivity contribution in [2.75, 3.05) is 24.4 Å². The van der Waals surface area contributed by atoms with E-state index in [0.29, 0.717) is 34.3 Å². The number of esters is 1. The second-order valence-electron chi connectivity index (χ2n) is 15.3. The molecule has 1 heterocycles. The van der Waals surface area contributed by atoms with Crippen LogP contribution < -0.4 is 10.2 Å². The van der Waals surface area contributed by atoms with Crippen molar-refractivity contribution in [3.05, 3.63) is 155 Å². The number of anilines is 2. The number of aliphatic imine (C=N–C) groups is 1. The lowest BCUT2D eigenvalue weighted by molar-refractivity contribution is -0.124. The largest absolute Gasteiger partial charge is 0.465 e. The second kappa shape index (κ2) is 18.1. The van der Waals surface area contributed by atoms with Crippen LogP contribution in [0.3, 0.4) is 0 Å². The van der Waals surface area contributed by atoms with Gasteiger partial charge in [0.1, 0.15) is 10.6 Å². The van der Waals surface area contributed by atoms with Gasteiger partial charge in [-0.3, -0.25) is 14.6 Å². The first kappa shape index (κ1) is 39.6. The monoisotopic (exact) mass is 777 g/mol. The van der Waals surface area contributed by atoms with E-state index >= 15 is 0 Å². The Morgan fingerprint density at radius 1 is 0.807 bits per heavy atom. The quantitative estimate of drug-likeness (QED) is 0.0732. The van der Waals surface area contributed by atoms with Gasteiger partial charge < -0.3 is 15.0 Å². The molecule has 0 radical (unpaired) electrons. The fraction of sp³-hybridized carbons (Fsp3) is 0.306. The minimum absolute atomic E-state index is 0.0240. The van der Waals surface area contributed by atoms with Crippen LogP contribution in [0.5, 0.6) is 0 Å². The molecule has 1 aromatic heterocycles. The number of rotatable bonds is 13. The van der Waals surface area contributed by atoms with Crippen molar-refractivity contribution >= 4 is 46.2 Å². The van der Waals surface area contributed by atoms with Gasteiger partial charge in [-0.25, -0.2) is 4.79 Å². The van der Waals surface area contributed by atoms with Crippen LogP contribution in [0.1, 0.15) is 84.7 Å². The minimum atomic E-state index is -0.488. The number of ether oxygens (including phenoxy) is 1. The predicted octanol–water partition coefficient (Wildman–Crippen LogP) is 10.9. The summed E-state index contributed by atoms with van der Waals surface area (Å²) < 4.78 is 5.23. The number of hydrogen-bond donors (Lipinski definition) is 1. The summed E-state index contributed by atoms with van der Waals surface area (Å²) >= 11 is 1.34. The van der Waals surface area contributed by atoms with E-state index in [-0.39, 0.29) is 23.8 Å². The van der Waals surface area contributed by atoms with Crippen molar-refractivity contribution in [1.29, 1.82) is 0 Å². The lowest BCUT2D eigenvalue weighted by atomic mass is 9.67. The third kappa shape index (κ3) is 8.57. The molecule has 2 aliphatic carbocycles. The maximum Gasteiger partial charge on any atom is 0.350 e. The van der Waals surface area contributed by atoms with Gasteiger partial charge in [0, 0.05) is 35.0 Å². The maximum atomic E-state index is 14.1. The third-order valence-corrected chi connectivity index (χ3v) is 12.9. The lowest BCUT2D eigenvalue weighted by Crippen LogP contribution is -2.48. The zero-order chi connectivity index (χ0) is 39.8. The lowest BCUT2D eigenvalue weighted by Gasteiger charge is -2.40. The van der Waals surface area contributed by atoms with Crippen LogP contribution in [0.2, 0.25) is 0 Å². The van der Waals surface area contributed by atoms with Crippen molar-refractivity contribution in [2.45, 2.75) is 69.7 Å². The summed E-state index contributed by atoms with van der Waals surface area (Å²) in [5, 5.41) is 3.02. The number of thiophene rings is 1. The van der Waals surface area contributed by atoms with Gasteiger partial charge in [-0.2, -0.15) is 0 Å². The molecule has 0 bridgehead atoms. The Balaban J connectivity index is 1.10. The summed E-state index contributed by atoms with van der Waals surface area (Å²) in [4.78, 5) is 48.5. The first-order valence-corrected chi connectivity index (χ1v) is 20.9. The van der Waals surface area contributed by atoms with Gasteiger partial charge in [-0.1, -0.05) is 116 Å². The highest BCUT2D eigenvalue weighted by Gasteiger charge is 2.39. The molecule has 7 nitrogen and oxygen atoms in total. The van der Waals surface area contributed by atoms with E-state index in [4.69, 9.17) is 4.74 Å². The molecule has 0 saturated heterocycles. The number of nitrogens with one attached hydrogen (secondary N) is 1. The molecule has 0 aliphatic heterocycles. The van der Waals surface area contributed by atoms with E-state index in [1.807, 2.05) is 59.5 Å². The molecule has 0 unspecified atom stereocenters. The first-order chi connectivity index (χ1) is 27.8. The summed E-state index contributed by atoms with van der Waals surface area (Å²) in [6.07, 6.45) is 11.3. The van der Waals surface area contributed by atoms with Crippen molar-refractivity contribution in [1.82, 2.24) is 0 Å². The standard InChI is InChI=1S/C49H51N3O4S/c1-34-24-26-36(27-25-34)47(54)52(41-21-13-22-41)43-33-44(57-45(43)48(55)56-3)35-28-30-40(31-29-35)51-46(53)42(50-2)23-14-32-49(37-15-7-4-8-16-37,38-17-9-5-10-18-38)39-19-11-6-12-20-39/h4-12,14-20,23,28-31,33-34,36,41H,13,21-22,24-27,32H2,1-3H3,(H,51,53)/b23-14-,50-42+/t34-,36-. The number of nitrogens with zero attached hydrogens (tertiary/aromatic N) is 2. The molecule has 5 aromatic rings. The Bertz CT molecular complexity index is 2100. The average Bonchev–Trinajstić information content (AvgIpc) is 3.68. The van der Waals surface area contributed by atoms with Crippen molar-refractivity contribution in [3.63, 3.8) is 0 Å². The zero-order valence-electron chi connectivity index (χ0n) is 33.0. The Morgan fingerprint density at radius 3 is 1.86 bits per heavy atom. The molecule has 2 amide bonds. The van der Waals surface area contributed by atoms with E-state index in [2.05, 4.69) is 90.0 Å². The van der Waals surface area contributed by atoms with Crippen molar-refractivity contribution in [3.8, 4) is 10.4 Å². The molecule has 2 fully saturated rings. The van der Waals surface area contributed by atoms with E-state index < -0.39 is 11.4 Å². The summed E-state index contributed by atoms with van der Waals surface area (Å²) in [6.45, 7) is 2.26. The van der Waals surface area contributed by atoms with E-state index in [0.717, 1.165) is 72.1 Å². The van der Waals surface area contributed by atoms with Gasteiger partial charge in [-0.15, -0.1) is 11.3 Å². The van der Waals surface area contributed by atoms with Crippen molar-refractivity contribution < 1.29 is 19.1 Å². The van der Waals surface area contributed by atoms with Crippen LogP contribution in [0.25, 0.3) is 10.4 Å². The Morgan fingerprint density at radius 2 is 1.37 bits per heavy atom. The highest BCUT2D eigenvalue weighted by molar-refractivity contribution is 7.18. The molecular weight excluding hydrogens is 727 g/mol. The van der Waals surface area contributed by atoms with Crippen LogP contribution in [0.15, 0.2) is 138 Å². The van der Waals surface area contributed by atoms with Gasteiger partial charge in [-0.05, 0) is 104 Å². The molecule has 8 heteroatoms. The number of carbonyl (C=O) groups is 3. The molecule has 57 heavy (non-hydrogen) atoms. The maximum absolute atomic E-state index is 14.1. The number of hydrogen-bond acceptors (Lipinski definition) is 6. The van der Waals surface area contributed by atoms with Crippen LogP contribution in [-0.2, 0) is 19.7 Å². The van der Waals surface area contributed by atoms with Gasteiger partial charge in [0.15, 0.2) is 0 Å². The Hall–Kier alpha value is -5.60. The van der Waals surface area contributed by atoms with Crippen LogP contribution in [0.4, 0.5) is 11.4 Å². The fourth-order valence-electron chi connectivity index (χ4n) is 8.32. The number of methoxy groups -OCH3 is 1. The molecule has 7 rings (SSSR count). The number of amides is 2. The second-order valence-corrected chi connectivity index (χ2v) is 16.4. The highest BCUT2D eigenvalue weighted by atomic mass is 32.1. The highest BCUT2D eigenvalue weighted by Crippen LogP contribution is 2.44.